The molecule has 5 heteroatoms. The van der Waals surface area contributed by atoms with Gasteiger partial charge in [0.25, 0.3) is 11.8 Å². The van der Waals surface area contributed by atoms with Crippen LogP contribution in [0.1, 0.15) is 0 Å². The van der Waals surface area contributed by atoms with Gasteiger partial charge in [0.15, 0.2) is 0 Å². The molecule has 0 aromatic heterocycles. The molecular weight excluding hydrogens is 168 g/mol. The molecule has 0 saturated heterocycles. The fourth-order valence-electron chi connectivity index (χ4n) is 0.725. The molecule has 0 aromatic rings. The first-order valence-corrected chi connectivity index (χ1v) is 3.64. The lowest BCUT2D eigenvalue weighted by Gasteiger charge is -2.00. The molecule has 2 N–H and O–H groups in total. The van der Waals surface area contributed by atoms with Crippen molar-refractivity contribution in [2.75, 3.05) is 12.4 Å². The summed E-state index contributed by atoms with van der Waals surface area (Å²) < 4.78 is 0. The molecule has 0 fully saturated rings. The normalized spacial score (nSPS) is 16.3. The second kappa shape index (κ2) is 3.39. The van der Waals surface area contributed by atoms with Crippen LogP contribution >= 0.6 is 11.6 Å². The Balaban J connectivity index is 2.50. The molecule has 0 saturated carbocycles. The number of nitrogens with one attached hydrogen (secondary N) is 2. The number of carbonyl (C=O) groups is 2. The second-order valence-electron chi connectivity index (χ2n) is 1.99. The fourth-order valence-corrected chi connectivity index (χ4v) is 0.820. The summed E-state index contributed by atoms with van der Waals surface area (Å²) in [5, 5.41) is 4.81. The number of rotatable bonds is 3. The highest BCUT2D eigenvalue weighted by Gasteiger charge is 2.19. The van der Waals surface area contributed by atoms with Crippen molar-refractivity contribution in [1.29, 1.82) is 0 Å². The Morgan fingerprint density at radius 3 is 2.73 bits per heavy atom. The van der Waals surface area contributed by atoms with Crippen molar-refractivity contribution in [2.24, 2.45) is 0 Å². The van der Waals surface area contributed by atoms with Crippen LogP contribution in [0.2, 0.25) is 0 Å². The molecule has 1 aliphatic heterocycles. The van der Waals surface area contributed by atoms with E-state index in [9.17, 15) is 9.59 Å². The Bertz CT molecular complexity index is 225. The van der Waals surface area contributed by atoms with Crippen molar-refractivity contribution in [2.45, 2.75) is 0 Å². The zero-order valence-corrected chi connectivity index (χ0v) is 6.44. The van der Waals surface area contributed by atoms with E-state index in [0.717, 1.165) is 0 Å². The van der Waals surface area contributed by atoms with Gasteiger partial charge in [-0.25, -0.2) is 0 Å². The zero-order valence-electron chi connectivity index (χ0n) is 5.69. The molecule has 0 unspecified atom stereocenters. The quantitative estimate of drug-likeness (QED) is 0.442. The van der Waals surface area contributed by atoms with Crippen molar-refractivity contribution < 1.29 is 9.59 Å². The van der Waals surface area contributed by atoms with Gasteiger partial charge in [-0.3, -0.25) is 14.9 Å². The van der Waals surface area contributed by atoms with E-state index in [1.807, 2.05) is 0 Å². The number of halogens is 1. The third-order valence-electron chi connectivity index (χ3n) is 1.17. The number of alkyl halides is 1. The van der Waals surface area contributed by atoms with Gasteiger partial charge in [-0.2, -0.15) is 0 Å². The van der Waals surface area contributed by atoms with Gasteiger partial charge < -0.3 is 5.32 Å². The molecule has 11 heavy (non-hydrogen) atoms. The minimum Gasteiger partial charge on any atom is -0.379 e. The first-order chi connectivity index (χ1) is 5.24. The molecule has 0 spiro atoms. The lowest BCUT2D eigenvalue weighted by atomic mass is 10.4. The number of imide groups is 1. The molecule has 1 rings (SSSR count). The van der Waals surface area contributed by atoms with Gasteiger partial charge in [0, 0.05) is 18.5 Å². The van der Waals surface area contributed by atoms with Crippen LogP contribution in [-0.4, -0.2) is 24.2 Å². The highest BCUT2D eigenvalue weighted by atomic mass is 35.5. The molecule has 0 aromatic carbocycles. The minimum absolute atomic E-state index is 0.288. The highest BCUT2D eigenvalue weighted by molar-refractivity contribution is 6.18. The molecule has 0 bridgehead atoms. The van der Waals surface area contributed by atoms with E-state index < -0.39 is 0 Å². The number of carbonyl (C=O) groups excluding carboxylic acids is 2. The molecule has 1 aliphatic rings. The fraction of sp³-hybridized carbons (Fsp3) is 0.333. The topological polar surface area (TPSA) is 58.2 Å². The molecule has 0 atom stereocenters. The van der Waals surface area contributed by atoms with Crippen molar-refractivity contribution in [1.82, 2.24) is 10.6 Å². The monoisotopic (exact) mass is 174 g/mol. The Morgan fingerprint density at radius 2 is 2.27 bits per heavy atom. The van der Waals surface area contributed by atoms with Gasteiger partial charge in [-0.15, -0.1) is 11.6 Å². The van der Waals surface area contributed by atoms with Gasteiger partial charge in [-0.05, 0) is 0 Å². The molecule has 2 amide bonds. The van der Waals surface area contributed by atoms with Gasteiger partial charge >= 0.3 is 0 Å². The van der Waals surface area contributed by atoms with Gasteiger partial charge in [0.1, 0.15) is 5.70 Å². The Labute approximate surface area is 68.6 Å². The van der Waals surface area contributed by atoms with Crippen molar-refractivity contribution >= 4 is 23.4 Å². The van der Waals surface area contributed by atoms with Crippen molar-refractivity contribution in [3.63, 3.8) is 0 Å². The average molecular weight is 175 g/mol. The van der Waals surface area contributed by atoms with Gasteiger partial charge in [0.2, 0.25) is 0 Å². The maximum atomic E-state index is 10.8. The van der Waals surface area contributed by atoms with Crippen molar-refractivity contribution in [3.05, 3.63) is 11.8 Å². The molecule has 60 valence electrons. The summed E-state index contributed by atoms with van der Waals surface area (Å²) in [7, 11) is 0. The number of hydrogen-bond acceptors (Lipinski definition) is 3. The highest BCUT2D eigenvalue weighted by Crippen LogP contribution is 1.96. The SMILES string of the molecule is O=C1C=C(NCCCl)C(=O)N1. The summed E-state index contributed by atoms with van der Waals surface area (Å²) in [4.78, 5) is 21.3. The first kappa shape index (κ1) is 8.07. The summed E-state index contributed by atoms with van der Waals surface area (Å²) in [5.74, 6) is -0.370. The van der Waals surface area contributed by atoms with E-state index >= 15 is 0 Å². The van der Waals surface area contributed by atoms with Crippen LogP contribution in [0.5, 0.6) is 0 Å². The zero-order chi connectivity index (χ0) is 8.27. The van der Waals surface area contributed by atoms with Crippen LogP contribution in [0.15, 0.2) is 11.8 Å². The summed E-state index contributed by atoms with van der Waals surface area (Å²) in [6, 6.07) is 0. The Morgan fingerprint density at radius 1 is 1.55 bits per heavy atom. The predicted molar refractivity (Wildman–Crippen MR) is 40.0 cm³/mol. The largest absolute Gasteiger partial charge is 0.379 e. The van der Waals surface area contributed by atoms with Crippen LogP contribution in [0, 0.1) is 0 Å². The summed E-state index contributed by atoms with van der Waals surface area (Å²) in [6.45, 7) is 0.480. The molecule has 0 radical (unpaired) electrons. The van der Waals surface area contributed by atoms with Crippen LogP contribution < -0.4 is 10.6 Å². The Hall–Kier alpha value is -1.03. The van der Waals surface area contributed by atoms with E-state index in [-0.39, 0.29) is 17.5 Å². The molecule has 1 heterocycles. The van der Waals surface area contributed by atoms with Gasteiger partial charge in [-0.1, -0.05) is 0 Å². The van der Waals surface area contributed by atoms with Crippen molar-refractivity contribution in [3.8, 4) is 0 Å². The molecular formula is C6H7ClN2O2. The van der Waals surface area contributed by atoms with E-state index in [1.165, 1.54) is 6.08 Å². The van der Waals surface area contributed by atoms with E-state index in [1.54, 1.807) is 0 Å². The minimum atomic E-state index is -0.389. The van der Waals surface area contributed by atoms with Crippen LogP contribution in [-0.2, 0) is 9.59 Å². The van der Waals surface area contributed by atoms with Crippen LogP contribution in [0.25, 0.3) is 0 Å². The summed E-state index contributed by atoms with van der Waals surface area (Å²) in [5.41, 5.74) is 0.288. The predicted octanol–water partition coefficient (Wildman–Crippen LogP) is -0.645. The maximum Gasteiger partial charge on any atom is 0.274 e. The third-order valence-corrected chi connectivity index (χ3v) is 1.36. The summed E-state index contributed by atoms with van der Waals surface area (Å²) in [6.07, 6.45) is 1.22. The summed E-state index contributed by atoms with van der Waals surface area (Å²) >= 11 is 5.36. The average Bonchev–Trinajstić information content (AvgIpc) is 2.26. The second-order valence-corrected chi connectivity index (χ2v) is 2.37. The Kier molecular flexibility index (Phi) is 2.48. The molecule has 4 nitrogen and oxygen atoms in total. The van der Waals surface area contributed by atoms with E-state index in [4.69, 9.17) is 11.6 Å². The number of hydrogen-bond donors (Lipinski definition) is 2. The van der Waals surface area contributed by atoms with Crippen LogP contribution in [0.4, 0.5) is 0 Å². The van der Waals surface area contributed by atoms with E-state index in [2.05, 4.69) is 10.6 Å². The van der Waals surface area contributed by atoms with Crippen LogP contribution in [0.3, 0.4) is 0 Å². The lowest BCUT2D eigenvalue weighted by Crippen LogP contribution is -2.27. The van der Waals surface area contributed by atoms with E-state index in [0.29, 0.717) is 12.4 Å². The molecule has 0 aliphatic carbocycles. The van der Waals surface area contributed by atoms with Gasteiger partial charge in [0.05, 0.1) is 0 Å². The standard InChI is InChI=1S/C6H7ClN2O2/c7-1-2-8-4-3-5(10)9-6(4)11/h3H,1-2H2,(H2,8,9,10,11). The lowest BCUT2D eigenvalue weighted by molar-refractivity contribution is -0.124. The first-order valence-electron chi connectivity index (χ1n) is 3.11. The smallest absolute Gasteiger partial charge is 0.274 e. The third kappa shape index (κ3) is 1.94. The maximum absolute atomic E-state index is 10.8. The number of amides is 2.